The number of nitrogens with one attached hydrogen (secondary N) is 1. The lowest BCUT2D eigenvalue weighted by Gasteiger charge is -2.35. The van der Waals surface area contributed by atoms with Crippen LogP contribution < -0.4 is 5.32 Å². The van der Waals surface area contributed by atoms with Crippen molar-refractivity contribution in [3.63, 3.8) is 0 Å². The number of carbonyl (C=O) groups is 1. The molecule has 1 aromatic carbocycles. The number of benzene rings is 1. The van der Waals surface area contributed by atoms with E-state index in [9.17, 15) is 4.79 Å². The number of carbonyl (C=O) groups excluding carboxylic acids is 1. The summed E-state index contributed by atoms with van der Waals surface area (Å²) in [6.07, 6.45) is 0. The fraction of sp³-hybridized carbons (Fsp3) is 0.562. The van der Waals surface area contributed by atoms with Gasteiger partial charge in [0.1, 0.15) is 0 Å². The minimum Gasteiger partial charge on any atom is -0.324 e. The molecule has 1 atom stereocenters. The van der Waals surface area contributed by atoms with E-state index in [4.69, 9.17) is 0 Å². The molecule has 2 rings (SSSR count). The molecule has 4 nitrogen and oxygen atoms in total. The van der Waals surface area contributed by atoms with Crippen LogP contribution in [-0.4, -0.2) is 60.7 Å². The van der Waals surface area contributed by atoms with Crippen LogP contribution in [0.5, 0.6) is 0 Å². The van der Waals surface area contributed by atoms with Crippen molar-refractivity contribution in [2.75, 3.05) is 44.3 Å². The average molecular weight is 307 g/mol. The molecular weight excluding hydrogens is 282 g/mol. The third-order valence-electron chi connectivity index (χ3n) is 3.91. The maximum Gasteiger partial charge on any atom is 0.241 e. The van der Waals surface area contributed by atoms with E-state index >= 15 is 0 Å². The molecule has 5 heteroatoms. The van der Waals surface area contributed by atoms with Crippen molar-refractivity contribution in [3.05, 3.63) is 24.3 Å². The molecular formula is C16H25N3OS. The Morgan fingerprint density at radius 2 is 1.95 bits per heavy atom. The van der Waals surface area contributed by atoms with Crippen molar-refractivity contribution in [1.29, 1.82) is 0 Å². The molecule has 0 aromatic heterocycles. The molecule has 1 heterocycles. The minimum atomic E-state index is -0.0848. The molecule has 0 aliphatic carbocycles. The van der Waals surface area contributed by atoms with E-state index in [1.807, 2.05) is 25.1 Å². The van der Waals surface area contributed by atoms with Crippen molar-refractivity contribution < 1.29 is 4.79 Å². The Bertz CT molecular complexity index is 472. The number of anilines is 1. The van der Waals surface area contributed by atoms with Crippen molar-refractivity contribution >= 4 is 23.4 Å². The number of rotatable bonds is 5. The molecule has 116 valence electrons. The molecule has 1 aromatic rings. The highest BCUT2D eigenvalue weighted by Crippen LogP contribution is 2.26. The largest absolute Gasteiger partial charge is 0.324 e. The van der Waals surface area contributed by atoms with Gasteiger partial charge in [0.15, 0.2) is 0 Å². The van der Waals surface area contributed by atoms with Crippen LogP contribution in [0.1, 0.15) is 13.8 Å². The molecule has 1 saturated heterocycles. The highest BCUT2D eigenvalue weighted by Gasteiger charge is 2.24. The Hall–Kier alpha value is -1.04. The summed E-state index contributed by atoms with van der Waals surface area (Å²) in [5, 5.41) is 3.09. The van der Waals surface area contributed by atoms with Crippen LogP contribution in [0, 0.1) is 0 Å². The van der Waals surface area contributed by atoms with Gasteiger partial charge in [-0.15, -0.1) is 11.8 Å². The summed E-state index contributed by atoms with van der Waals surface area (Å²) in [4.78, 5) is 18.2. The number of hydrogen-bond acceptors (Lipinski definition) is 4. The van der Waals surface area contributed by atoms with Crippen molar-refractivity contribution in [1.82, 2.24) is 9.80 Å². The van der Waals surface area contributed by atoms with Crippen molar-refractivity contribution in [2.45, 2.75) is 24.8 Å². The molecule has 1 fully saturated rings. The van der Waals surface area contributed by atoms with Gasteiger partial charge < -0.3 is 10.2 Å². The predicted octanol–water partition coefficient (Wildman–Crippen LogP) is 2.37. The van der Waals surface area contributed by atoms with E-state index in [0.717, 1.165) is 42.5 Å². The van der Waals surface area contributed by atoms with Gasteiger partial charge in [0.2, 0.25) is 5.91 Å². The summed E-state index contributed by atoms with van der Waals surface area (Å²) in [5.41, 5.74) is 0.926. The average Bonchev–Trinajstić information content (AvgIpc) is 2.49. The number of amides is 1. The monoisotopic (exact) mass is 307 g/mol. The Kier molecular flexibility index (Phi) is 6.08. The van der Waals surface area contributed by atoms with Gasteiger partial charge in [-0.25, -0.2) is 0 Å². The Balaban J connectivity index is 1.97. The van der Waals surface area contributed by atoms with Crippen LogP contribution in [0.15, 0.2) is 29.2 Å². The van der Waals surface area contributed by atoms with E-state index in [2.05, 4.69) is 35.2 Å². The van der Waals surface area contributed by atoms with Crippen molar-refractivity contribution in [2.24, 2.45) is 0 Å². The zero-order valence-electron chi connectivity index (χ0n) is 13.1. The fourth-order valence-electron chi connectivity index (χ4n) is 2.46. The second-order valence-electron chi connectivity index (χ2n) is 5.43. The lowest BCUT2D eigenvalue weighted by molar-refractivity contribution is -0.121. The standard InChI is InChI=1S/C16H25N3OS/c1-4-21-15-8-6-5-7-14(15)17-16(20)13(2)19-11-9-18(3)10-12-19/h5-8,13H,4,9-12H2,1-3H3,(H,17,20). The first kappa shape index (κ1) is 16.3. The Morgan fingerprint density at radius 1 is 1.29 bits per heavy atom. The van der Waals surface area contributed by atoms with E-state index < -0.39 is 0 Å². The first-order chi connectivity index (χ1) is 10.1. The molecule has 0 bridgehead atoms. The zero-order valence-corrected chi connectivity index (χ0v) is 13.9. The molecule has 1 aliphatic heterocycles. The van der Waals surface area contributed by atoms with Crippen LogP contribution in [-0.2, 0) is 4.79 Å². The van der Waals surface area contributed by atoms with Gasteiger partial charge in [-0.1, -0.05) is 19.1 Å². The molecule has 21 heavy (non-hydrogen) atoms. The summed E-state index contributed by atoms with van der Waals surface area (Å²) in [6, 6.07) is 7.93. The molecule has 1 unspecified atom stereocenters. The highest BCUT2D eigenvalue weighted by molar-refractivity contribution is 7.99. The predicted molar refractivity (Wildman–Crippen MR) is 90.0 cm³/mol. The number of nitrogens with zero attached hydrogens (tertiary/aromatic N) is 2. The molecule has 0 saturated carbocycles. The van der Waals surface area contributed by atoms with Gasteiger partial charge in [-0.2, -0.15) is 0 Å². The lowest BCUT2D eigenvalue weighted by atomic mass is 10.2. The summed E-state index contributed by atoms with van der Waals surface area (Å²) < 4.78 is 0. The van der Waals surface area contributed by atoms with Crippen LogP contribution in [0.25, 0.3) is 0 Å². The fourth-order valence-corrected chi connectivity index (χ4v) is 3.22. The number of piperazine rings is 1. The minimum absolute atomic E-state index is 0.0848. The third kappa shape index (κ3) is 4.46. The Labute approximate surface area is 131 Å². The molecule has 1 amide bonds. The van der Waals surface area contributed by atoms with Gasteiger partial charge in [0.25, 0.3) is 0 Å². The van der Waals surface area contributed by atoms with Gasteiger partial charge >= 0.3 is 0 Å². The number of thioether (sulfide) groups is 1. The smallest absolute Gasteiger partial charge is 0.241 e. The van der Waals surface area contributed by atoms with Gasteiger partial charge in [-0.05, 0) is 31.9 Å². The summed E-state index contributed by atoms with van der Waals surface area (Å²) in [6.45, 7) is 8.08. The molecule has 1 N–H and O–H groups in total. The summed E-state index contributed by atoms with van der Waals surface area (Å²) in [7, 11) is 2.13. The van der Waals surface area contributed by atoms with Gasteiger partial charge in [-0.3, -0.25) is 9.69 Å². The van der Waals surface area contributed by atoms with Gasteiger partial charge in [0.05, 0.1) is 11.7 Å². The zero-order chi connectivity index (χ0) is 15.2. The molecule has 1 aliphatic rings. The van der Waals surface area contributed by atoms with E-state index in [-0.39, 0.29) is 11.9 Å². The van der Waals surface area contributed by atoms with Crippen LogP contribution in [0.3, 0.4) is 0 Å². The number of para-hydroxylation sites is 1. The van der Waals surface area contributed by atoms with Crippen LogP contribution in [0.4, 0.5) is 5.69 Å². The second kappa shape index (κ2) is 7.82. The Morgan fingerprint density at radius 3 is 2.62 bits per heavy atom. The first-order valence-corrected chi connectivity index (χ1v) is 8.55. The topological polar surface area (TPSA) is 35.6 Å². The van der Waals surface area contributed by atoms with Crippen LogP contribution in [0.2, 0.25) is 0 Å². The maximum atomic E-state index is 12.5. The SMILES string of the molecule is CCSc1ccccc1NC(=O)C(C)N1CCN(C)CC1. The normalized spacial score (nSPS) is 18.4. The quantitative estimate of drug-likeness (QED) is 0.847. The van der Waals surface area contributed by atoms with E-state index in [1.165, 1.54) is 0 Å². The first-order valence-electron chi connectivity index (χ1n) is 7.57. The summed E-state index contributed by atoms with van der Waals surface area (Å²) >= 11 is 1.76. The number of hydrogen-bond donors (Lipinski definition) is 1. The van der Waals surface area contributed by atoms with Crippen molar-refractivity contribution in [3.8, 4) is 0 Å². The second-order valence-corrected chi connectivity index (χ2v) is 6.74. The third-order valence-corrected chi connectivity index (χ3v) is 4.87. The molecule has 0 spiro atoms. The maximum absolute atomic E-state index is 12.5. The van der Waals surface area contributed by atoms with E-state index in [0.29, 0.717) is 0 Å². The highest BCUT2D eigenvalue weighted by atomic mass is 32.2. The van der Waals surface area contributed by atoms with E-state index in [1.54, 1.807) is 11.8 Å². The van der Waals surface area contributed by atoms with Crippen LogP contribution >= 0.6 is 11.8 Å². The molecule has 0 radical (unpaired) electrons. The van der Waals surface area contributed by atoms with Gasteiger partial charge in [0, 0.05) is 31.1 Å². The lowest BCUT2D eigenvalue weighted by Crippen LogP contribution is -2.51. The number of likely N-dealkylation sites (N-methyl/N-ethyl adjacent to an activating group) is 1. The summed E-state index contributed by atoms with van der Waals surface area (Å²) in [5.74, 6) is 1.09.